The summed E-state index contributed by atoms with van der Waals surface area (Å²) in [6.45, 7) is 3.88. The highest BCUT2D eigenvalue weighted by Crippen LogP contribution is 2.38. The molecule has 1 aliphatic rings. The van der Waals surface area contributed by atoms with E-state index in [1.807, 2.05) is 19.9 Å². The van der Waals surface area contributed by atoms with Crippen LogP contribution < -0.4 is 0 Å². The van der Waals surface area contributed by atoms with Crippen LogP contribution in [-0.4, -0.2) is 55.4 Å². The van der Waals surface area contributed by atoms with Gasteiger partial charge >= 0.3 is 0 Å². The zero-order valence-electron chi connectivity index (χ0n) is 20.4. The van der Waals surface area contributed by atoms with Crippen LogP contribution in [0.15, 0.2) is 42.9 Å². The quantitative estimate of drug-likeness (QED) is 0.376. The standard InChI is InChI=1S/C25H23F2N7O2S/c1-14-7-8-16(24-17(14)11-20(31-32-24)22-18(26)5-4-6-19(22)27)23-15(2)12-28-25(30-23)34-13-29-21(33-34)9-10-37(3,35)36/h4-6,8,11-14H,7,9-10H2,1-3H3/t14-/m0/s1. The van der Waals surface area contributed by atoms with Gasteiger partial charge in [0, 0.05) is 24.4 Å². The number of aromatic nitrogens is 7. The van der Waals surface area contributed by atoms with Gasteiger partial charge in [0.05, 0.1) is 28.4 Å². The minimum Gasteiger partial charge on any atom is -0.229 e. The highest BCUT2D eigenvalue weighted by molar-refractivity contribution is 7.90. The summed E-state index contributed by atoms with van der Waals surface area (Å²) in [5.74, 6) is -0.779. The molecule has 3 aromatic heterocycles. The third-order valence-corrected chi connectivity index (χ3v) is 7.10. The molecule has 0 N–H and O–H groups in total. The minimum absolute atomic E-state index is 0.0529. The molecule has 1 atom stereocenters. The van der Waals surface area contributed by atoms with Crippen LogP contribution in [-0.2, 0) is 16.3 Å². The molecule has 0 unspecified atom stereocenters. The summed E-state index contributed by atoms with van der Waals surface area (Å²) in [7, 11) is -3.15. The van der Waals surface area contributed by atoms with Crippen LogP contribution in [0.2, 0.25) is 0 Å². The van der Waals surface area contributed by atoms with Gasteiger partial charge in [-0.1, -0.05) is 19.1 Å². The first kappa shape index (κ1) is 24.8. The molecule has 4 aromatic rings. The minimum atomic E-state index is -3.15. The summed E-state index contributed by atoms with van der Waals surface area (Å²) < 4.78 is 53.1. The van der Waals surface area contributed by atoms with Gasteiger partial charge in [-0.2, -0.15) is 4.68 Å². The Morgan fingerprint density at radius 3 is 2.59 bits per heavy atom. The van der Waals surface area contributed by atoms with Crippen molar-refractivity contribution >= 4 is 15.4 Å². The van der Waals surface area contributed by atoms with Crippen LogP contribution in [0.4, 0.5) is 8.78 Å². The maximum atomic E-state index is 14.4. The van der Waals surface area contributed by atoms with Crippen molar-refractivity contribution in [3.05, 3.63) is 82.8 Å². The first-order valence-electron chi connectivity index (χ1n) is 11.6. The van der Waals surface area contributed by atoms with Crippen LogP contribution in [0.25, 0.3) is 22.8 Å². The van der Waals surface area contributed by atoms with Crippen molar-refractivity contribution in [2.45, 2.75) is 32.6 Å². The Bertz CT molecular complexity index is 1630. The lowest BCUT2D eigenvalue weighted by atomic mass is 9.85. The van der Waals surface area contributed by atoms with Crippen LogP contribution in [0.5, 0.6) is 0 Å². The molecule has 0 spiro atoms. The van der Waals surface area contributed by atoms with E-state index in [0.717, 1.165) is 23.0 Å². The van der Waals surface area contributed by atoms with E-state index in [1.165, 1.54) is 29.2 Å². The van der Waals surface area contributed by atoms with E-state index in [9.17, 15) is 17.2 Å². The molecule has 12 heteroatoms. The summed E-state index contributed by atoms with van der Waals surface area (Å²) in [6.07, 6.45) is 7.13. The van der Waals surface area contributed by atoms with Gasteiger partial charge in [-0.05, 0) is 48.6 Å². The first-order chi connectivity index (χ1) is 17.6. The fourth-order valence-corrected chi connectivity index (χ4v) is 4.74. The van der Waals surface area contributed by atoms with E-state index in [-0.39, 0.29) is 35.3 Å². The Balaban J connectivity index is 1.52. The number of rotatable bonds is 6. The number of fused-ring (bicyclic) bond motifs is 1. The number of benzene rings is 1. The van der Waals surface area contributed by atoms with Gasteiger partial charge in [-0.25, -0.2) is 32.2 Å². The molecular weight excluding hydrogens is 500 g/mol. The number of halogens is 2. The van der Waals surface area contributed by atoms with E-state index in [2.05, 4.69) is 25.3 Å². The number of hydrogen-bond acceptors (Lipinski definition) is 8. The largest absolute Gasteiger partial charge is 0.252 e. The average molecular weight is 524 g/mol. The maximum Gasteiger partial charge on any atom is 0.252 e. The SMILES string of the molecule is Cc1cnc(-n2cnc(CCS(C)(=O)=O)n2)nc1C1=CC[C@H](C)c2cc(-c3c(F)cccc3F)nnc21. The van der Waals surface area contributed by atoms with Crippen molar-refractivity contribution < 1.29 is 17.2 Å². The Kier molecular flexibility index (Phi) is 6.36. The summed E-state index contributed by atoms with van der Waals surface area (Å²) in [6, 6.07) is 5.38. The lowest BCUT2D eigenvalue weighted by molar-refractivity contribution is 0.587. The fourth-order valence-electron chi connectivity index (χ4n) is 4.18. The van der Waals surface area contributed by atoms with E-state index in [4.69, 9.17) is 4.98 Å². The lowest BCUT2D eigenvalue weighted by Gasteiger charge is -2.23. The third-order valence-electron chi connectivity index (χ3n) is 6.16. The number of aryl methyl sites for hydroxylation is 2. The molecule has 0 radical (unpaired) electrons. The molecule has 0 amide bonds. The molecule has 0 bridgehead atoms. The van der Waals surface area contributed by atoms with E-state index < -0.39 is 21.5 Å². The number of hydrogen-bond donors (Lipinski definition) is 0. The van der Waals surface area contributed by atoms with Crippen LogP contribution in [0, 0.1) is 18.6 Å². The molecule has 190 valence electrons. The first-order valence-corrected chi connectivity index (χ1v) is 13.6. The second kappa shape index (κ2) is 9.51. The van der Waals surface area contributed by atoms with Crippen molar-refractivity contribution in [2.24, 2.45) is 0 Å². The third kappa shape index (κ3) is 5.01. The maximum absolute atomic E-state index is 14.4. The number of allylic oxidation sites excluding steroid dienone is 1. The summed E-state index contributed by atoms with van der Waals surface area (Å²) in [5.41, 5.74) is 3.46. The van der Waals surface area contributed by atoms with Crippen LogP contribution in [0.3, 0.4) is 0 Å². The smallest absolute Gasteiger partial charge is 0.229 e. The summed E-state index contributed by atoms with van der Waals surface area (Å²) >= 11 is 0. The van der Waals surface area contributed by atoms with Crippen molar-refractivity contribution in [1.82, 2.24) is 34.9 Å². The Morgan fingerprint density at radius 1 is 1.11 bits per heavy atom. The molecular formula is C25H23F2N7O2S. The zero-order chi connectivity index (χ0) is 26.3. The van der Waals surface area contributed by atoms with Crippen molar-refractivity contribution in [3.63, 3.8) is 0 Å². The van der Waals surface area contributed by atoms with Crippen LogP contribution >= 0.6 is 0 Å². The van der Waals surface area contributed by atoms with Gasteiger partial charge in [0.25, 0.3) is 5.95 Å². The Hall–Kier alpha value is -3.93. The molecule has 1 aromatic carbocycles. The van der Waals surface area contributed by atoms with Crippen molar-refractivity contribution in [1.29, 1.82) is 0 Å². The van der Waals surface area contributed by atoms with Crippen molar-refractivity contribution in [2.75, 3.05) is 12.0 Å². The van der Waals surface area contributed by atoms with E-state index >= 15 is 0 Å². The highest BCUT2D eigenvalue weighted by atomic mass is 32.2. The van der Waals surface area contributed by atoms with Gasteiger partial charge in [0.2, 0.25) is 0 Å². The van der Waals surface area contributed by atoms with E-state index in [1.54, 1.807) is 12.3 Å². The second-order valence-electron chi connectivity index (χ2n) is 9.07. The fraction of sp³-hybridized carbons (Fsp3) is 0.280. The Morgan fingerprint density at radius 2 is 1.86 bits per heavy atom. The molecule has 0 fully saturated rings. The highest BCUT2D eigenvalue weighted by Gasteiger charge is 2.26. The monoisotopic (exact) mass is 523 g/mol. The van der Waals surface area contributed by atoms with Gasteiger partial charge in [-0.15, -0.1) is 15.3 Å². The lowest BCUT2D eigenvalue weighted by Crippen LogP contribution is -2.13. The van der Waals surface area contributed by atoms with Gasteiger partial charge in [-0.3, -0.25) is 0 Å². The van der Waals surface area contributed by atoms with Gasteiger partial charge in [0.15, 0.2) is 5.82 Å². The molecule has 37 heavy (non-hydrogen) atoms. The second-order valence-corrected chi connectivity index (χ2v) is 11.3. The summed E-state index contributed by atoms with van der Waals surface area (Å²) in [5, 5.41) is 12.8. The molecule has 0 saturated carbocycles. The normalized spacial score (nSPS) is 15.4. The zero-order valence-corrected chi connectivity index (χ0v) is 21.2. The van der Waals surface area contributed by atoms with Gasteiger partial charge < -0.3 is 0 Å². The predicted octanol–water partition coefficient (Wildman–Crippen LogP) is 3.63. The van der Waals surface area contributed by atoms with E-state index in [0.29, 0.717) is 23.6 Å². The van der Waals surface area contributed by atoms with Crippen molar-refractivity contribution in [3.8, 4) is 17.2 Å². The summed E-state index contributed by atoms with van der Waals surface area (Å²) in [4.78, 5) is 13.2. The molecule has 1 aliphatic carbocycles. The molecule has 5 rings (SSSR count). The topological polar surface area (TPSA) is 116 Å². The molecule has 9 nitrogen and oxygen atoms in total. The van der Waals surface area contributed by atoms with Crippen LogP contribution in [0.1, 0.15) is 47.6 Å². The molecule has 0 saturated heterocycles. The number of sulfone groups is 1. The molecule has 0 aliphatic heterocycles. The molecule has 3 heterocycles. The van der Waals surface area contributed by atoms with Gasteiger partial charge in [0.1, 0.15) is 27.8 Å². The predicted molar refractivity (Wildman–Crippen MR) is 133 cm³/mol. The average Bonchev–Trinajstić information content (AvgIpc) is 3.33. The Labute approximate surface area is 212 Å². The number of nitrogens with zero attached hydrogens (tertiary/aromatic N) is 7.